The summed E-state index contributed by atoms with van der Waals surface area (Å²) in [7, 11) is 3.96. The molecule has 1 saturated heterocycles. The molecular formula is C13H24N2O2. The Morgan fingerprint density at radius 3 is 2.82 bits per heavy atom. The van der Waals surface area contributed by atoms with Crippen molar-refractivity contribution in [2.45, 2.75) is 44.2 Å². The average molecular weight is 240 g/mol. The molecule has 0 radical (unpaired) electrons. The lowest BCUT2D eigenvalue weighted by atomic mass is 9.85. The standard InChI is InChI=1S/C13H24N2O2/c1-15(2)7-8-17-13(16)12-9-10-5-3-4-6-11(10)14-12/h10-12,14H,3-9H2,1-2H3/t10-,11-,12-/m0/s1. The first kappa shape index (κ1) is 12.8. The molecule has 98 valence electrons. The topological polar surface area (TPSA) is 41.6 Å². The largest absolute Gasteiger partial charge is 0.463 e. The zero-order valence-corrected chi connectivity index (χ0v) is 10.9. The van der Waals surface area contributed by atoms with E-state index in [9.17, 15) is 4.79 Å². The van der Waals surface area contributed by atoms with Crippen molar-refractivity contribution in [3.8, 4) is 0 Å². The van der Waals surface area contributed by atoms with Gasteiger partial charge in [0, 0.05) is 12.6 Å². The number of hydrogen-bond acceptors (Lipinski definition) is 4. The van der Waals surface area contributed by atoms with E-state index < -0.39 is 0 Å². The summed E-state index contributed by atoms with van der Waals surface area (Å²) in [6.07, 6.45) is 6.11. The Morgan fingerprint density at radius 2 is 2.12 bits per heavy atom. The number of nitrogens with one attached hydrogen (secondary N) is 1. The van der Waals surface area contributed by atoms with E-state index in [4.69, 9.17) is 4.74 Å². The summed E-state index contributed by atoms with van der Waals surface area (Å²) in [6, 6.07) is 0.514. The van der Waals surface area contributed by atoms with Crippen LogP contribution in [0.25, 0.3) is 0 Å². The van der Waals surface area contributed by atoms with E-state index in [-0.39, 0.29) is 12.0 Å². The van der Waals surface area contributed by atoms with Crippen molar-refractivity contribution >= 4 is 5.97 Å². The van der Waals surface area contributed by atoms with Crippen LogP contribution in [0.3, 0.4) is 0 Å². The number of nitrogens with zero attached hydrogens (tertiary/aromatic N) is 1. The van der Waals surface area contributed by atoms with E-state index >= 15 is 0 Å². The number of likely N-dealkylation sites (N-methyl/N-ethyl adjacent to an activating group) is 1. The van der Waals surface area contributed by atoms with Gasteiger partial charge in [0.2, 0.25) is 0 Å². The first-order chi connectivity index (χ1) is 8.16. The third-order valence-electron chi connectivity index (χ3n) is 3.93. The lowest BCUT2D eigenvalue weighted by Crippen LogP contribution is -2.38. The molecule has 0 spiro atoms. The summed E-state index contributed by atoms with van der Waals surface area (Å²) < 4.78 is 5.30. The molecule has 1 aliphatic carbocycles. The molecule has 4 heteroatoms. The monoisotopic (exact) mass is 240 g/mol. The van der Waals surface area contributed by atoms with Crippen LogP contribution in [0.5, 0.6) is 0 Å². The fourth-order valence-electron chi connectivity index (χ4n) is 2.93. The predicted molar refractivity (Wildman–Crippen MR) is 66.8 cm³/mol. The molecule has 2 rings (SSSR count). The number of carbonyl (C=O) groups is 1. The summed E-state index contributed by atoms with van der Waals surface area (Å²) in [5, 5.41) is 3.44. The number of rotatable bonds is 4. The third-order valence-corrected chi connectivity index (χ3v) is 3.93. The van der Waals surface area contributed by atoms with Gasteiger partial charge in [0.15, 0.2) is 0 Å². The van der Waals surface area contributed by atoms with Gasteiger partial charge >= 0.3 is 5.97 Å². The molecule has 2 aliphatic rings. The molecule has 1 heterocycles. The maximum atomic E-state index is 11.9. The van der Waals surface area contributed by atoms with E-state index in [1.165, 1.54) is 25.7 Å². The number of fused-ring (bicyclic) bond motifs is 1. The molecule has 2 fully saturated rings. The molecule has 1 saturated carbocycles. The molecular weight excluding hydrogens is 216 g/mol. The highest BCUT2D eigenvalue weighted by molar-refractivity contribution is 5.76. The van der Waals surface area contributed by atoms with E-state index in [1.54, 1.807) is 0 Å². The molecule has 0 aromatic rings. The van der Waals surface area contributed by atoms with Gasteiger partial charge in [-0.05, 0) is 39.3 Å². The molecule has 0 amide bonds. The van der Waals surface area contributed by atoms with Gasteiger partial charge in [-0.1, -0.05) is 12.8 Å². The minimum atomic E-state index is -0.0544. The van der Waals surface area contributed by atoms with Crippen molar-refractivity contribution in [2.24, 2.45) is 5.92 Å². The maximum Gasteiger partial charge on any atom is 0.323 e. The van der Waals surface area contributed by atoms with Crippen LogP contribution < -0.4 is 5.32 Å². The summed E-state index contributed by atoms with van der Waals surface area (Å²) in [4.78, 5) is 13.9. The second kappa shape index (κ2) is 5.83. The normalized spacial score (nSPS) is 32.5. The zero-order chi connectivity index (χ0) is 12.3. The Hall–Kier alpha value is -0.610. The lowest BCUT2D eigenvalue weighted by molar-refractivity contribution is -0.146. The van der Waals surface area contributed by atoms with Gasteiger partial charge in [0.05, 0.1) is 0 Å². The van der Waals surface area contributed by atoms with Gasteiger partial charge in [-0.15, -0.1) is 0 Å². The number of hydrogen-bond donors (Lipinski definition) is 1. The average Bonchev–Trinajstić information content (AvgIpc) is 2.71. The van der Waals surface area contributed by atoms with Gasteiger partial charge < -0.3 is 15.0 Å². The van der Waals surface area contributed by atoms with Gasteiger partial charge in [0.25, 0.3) is 0 Å². The molecule has 0 aromatic heterocycles. The molecule has 4 nitrogen and oxygen atoms in total. The fraction of sp³-hybridized carbons (Fsp3) is 0.923. The van der Waals surface area contributed by atoms with Crippen molar-refractivity contribution in [1.29, 1.82) is 0 Å². The summed E-state index contributed by atoms with van der Waals surface area (Å²) >= 11 is 0. The van der Waals surface area contributed by atoms with Crippen LogP contribution in [0.15, 0.2) is 0 Å². The van der Waals surface area contributed by atoms with Gasteiger partial charge in [-0.25, -0.2) is 0 Å². The lowest BCUT2D eigenvalue weighted by Gasteiger charge is -2.24. The summed E-state index contributed by atoms with van der Waals surface area (Å²) in [5.74, 6) is 0.649. The first-order valence-electron chi connectivity index (χ1n) is 6.74. The van der Waals surface area contributed by atoms with Crippen molar-refractivity contribution in [1.82, 2.24) is 10.2 Å². The third kappa shape index (κ3) is 3.42. The smallest absolute Gasteiger partial charge is 0.323 e. The Kier molecular flexibility index (Phi) is 4.40. The van der Waals surface area contributed by atoms with Crippen LogP contribution in [-0.4, -0.2) is 50.2 Å². The van der Waals surface area contributed by atoms with E-state index in [2.05, 4.69) is 5.32 Å². The highest BCUT2D eigenvalue weighted by Gasteiger charge is 2.38. The van der Waals surface area contributed by atoms with Crippen LogP contribution in [0.2, 0.25) is 0 Å². The minimum Gasteiger partial charge on any atom is -0.463 e. The van der Waals surface area contributed by atoms with Crippen LogP contribution >= 0.6 is 0 Å². The van der Waals surface area contributed by atoms with E-state index in [0.717, 1.165) is 13.0 Å². The highest BCUT2D eigenvalue weighted by atomic mass is 16.5. The summed E-state index contributed by atoms with van der Waals surface area (Å²) in [5.41, 5.74) is 0. The Morgan fingerprint density at radius 1 is 1.35 bits per heavy atom. The number of carbonyl (C=O) groups excluding carboxylic acids is 1. The Labute approximate surface area is 104 Å². The molecule has 1 N–H and O–H groups in total. The van der Waals surface area contributed by atoms with Gasteiger partial charge in [0.1, 0.15) is 12.6 Å². The van der Waals surface area contributed by atoms with Crippen molar-refractivity contribution in [2.75, 3.05) is 27.2 Å². The molecule has 0 aromatic carbocycles. The van der Waals surface area contributed by atoms with Crippen molar-refractivity contribution in [3.63, 3.8) is 0 Å². The van der Waals surface area contributed by atoms with Crippen molar-refractivity contribution < 1.29 is 9.53 Å². The first-order valence-corrected chi connectivity index (χ1v) is 6.74. The quantitative estimate of drug-likeness (QED) is 0.745. The van der Waals surface area contributed by atoms with Crippen LogP contribution in [0.1, 0.15) is 32.1 Å². The number of ether oxygens (including phenoxy) is 1. The number of esters is 1. The van der Waals surface area contributed by atoms with E-state index in [0.29, 0.717) is 18.6 Å². The van der Waals surface area contributed by atoms with Gasteiger partial charge in [-0.3, -0.25) is 4.79 Å². The SMILES string of the molecule is CN(C)CCOC(=O)[C@@H]1C[C@@H]2CCCC[C@@H]2N1. The van der Waals surface area contributed by atoms with Crippen LogP contribution in [-0.2, 0) is 9.53 Å². The molecule has 17 heavy (non-hydrogen) atoms. The molecule has 3 atom stereocenters. The second-order valence-electron chi connectivity index (χ2n) is 5.58. The molecule has 0 unspecified atom stereocenters. The Bertz CT molecular complexity index is 254. The van der Waals surface area contributed by atoms with Crippen LogP contribution in [0, 0.1) is 5.92 Å². The molecule has 1 aliphatic heterocycles. The highest BCUT2D eigenvalue weighted by Crippen LogP contribution is 2.33. The second-order valence-corrected chi connectivity index (χ2v) is 5.58. The predicted octanol–water partition coefficient (Wildman–Crippen LogP) is 1.01. The Balaban J connectivity index is 1.73. The van der Waals surface area contributed by atoms with Gasteiger partial charge in [-0.2, -0.15) is 0 Å². The van der Waals surface area contributed by atoms with Crippen LogP contribution in [0.4, 0.5) is 0 Å². The fourth-order valence-corrected chi connectivity index (χ4v) is 2.93. The molecule has 0 bridgehead atoms. The minimum absolute atomic E-state index is 0.0507. The summed E-state index contributed by atoms with van der Waals surface area (Å²) in [6.45, 7) is 1.30. The van der Waals surface area contributed by atoms with E-state index in [1.807, 2.05) is 19.0 Å². The maximum absolute atomic E-state index is 11.9. The zero-order valence-electron chi connectivity index (χ0n) is 10.9. The van der Waals surface area contributed by atoms with Crippen molar-refractivity contribution in [3.05, 3.63) is 0 Å².